The van der Waals surface area contributed by atoms with E-state index in [1.54, 1.807) is 7.11 Å². The number of hydrogen-bond donors (Lipinski definition) is 1. The molecular formula is C16H19NO2. The standard InChI is InChI=1S/C16H19NO2/c1-3-19-15-6-4-5-12(9-15)16-8-7-14(18-2)10-13(16)11-17/h4-10H,3,11,17H2,1-2H3. The van der Waals surface area contributed by atoms with Gasteiger partial charge in [-0.15, -0.1) is 0 Å². The average Bonchev–Trinajstić information content (AvgIpc) is 2.47. The van der Waals surface area contributed by atoms with Crippen LogP contribution in [-0.4, -0.2) is 13.7 Å². The second-order valence-electron chi connectivity index (χ2n) is 4.19. The van der Waals surface area contributed by atoms with Gasteiger partial charge in [-0.3, -0.25) is 0 Å². The molecule has 3 heteroatoms. The highest BCUT2D eigenvalue weighted by molar-refractivity contribution is 5.69. The Morgan fingerprint density at radius 3 is 2.58 bits per heavy atom. The Morgan fingerprint density at radius 2 is 1.89 bits per heavy atom. The van der Waals surface area contributed by atoms with Crippen LogP contribution in [0.25, 0.3) is 11.1 Å². The molecule has 0 fully saturated rings. The van der Waals surface area contributed by atoms with E-state index in [4.69, 9.17) is 15.2 Å². The Kier molecular flexibility index (Phi) is 4.42. The zero-order valence-corrected chi connectivity index (χ0v) is 11.3. The van der Waals surface area contributed by atoms with Gasteiger partial charge < -0.3 is 15.2 Å². The molecule has 0 bridgehead atoms. The minimum atomic E-state index is 0.478. The van der Waals surface area contributed by atoms with Gasteiger partial charge in [0.15, 0.2) is 0 Å². The van der Waals surface area contributed by atoms with Gasteiger partial charge in [0.05, 0.1) is 13.7 Å². The molecule has 0 aliphatic heterocycles. The van der Waals surface area contributed by atoms with E-state index in [0.717, 1.165) is 28.2 Å². The molecule has 2 rings (SSSR count). The van der Waals surface area contributed by atoms with Gasteiger partial charge in [0.2, 0.25) is 0 Å². The maximum atomic E-state index is 5.82. The fourth-order valence-corrected chi connectivity index (χ4v) is 2.07. The zero-order valence-electron chi connectivity index (χ0n) is 11.3. The van der Waals surface area contributed by atoms with Crippen molar-refractivity contribution in [2.24, 2.45) is 5.73 Å². The van der Waals surface area contributed by atoms with Crippen LogP contribution in [0.1, 0.15) is 12.5 Å². The topological polar surface area (TPSA) is 44.5 Å². The zero-order chi connectivity index (χ0) is 13.7. The summed E-state index contributed by atoms with van der Waals surface area (Å²) < 4.78 is 10.8. The molecule has 0 aromatic heterocycles. The van der Waals surface area contributed by atoms with Crippen molar-refractivity contribution in [2.75, 3.05) is 13.7 Å². The average molecular weight is 257 g/mol. The largest absolute Gasteiger partial charge is 0.497 e. The van der Waals surface area contributed by atoms with Gasteiger partial charge in [0.25, 0.3) is 0 Å². The number of rotatable bonds is 5. The van der Waals surface area contributed by atoms with Gasteiger partial charge in [-0.05, 0) is 47.9 Å². The van der Waals surface area contributed by atoms with Crippen LogP contribution < -0.4 is 15.2 Å². The number of methoxy groups -OCH3 is 1. The van der Waals surface area contributed by atoms with Crippen molar-refractivity contribution in [1.29, 1.82) is 0 Å². The molecule has 0 atom stereocenters. The van der Waals surface area contributed by atoms with Crippen LogP contribution in [-0.2, 0) is 6.54 Å². The molecule has 0 heterocycles. The van der Waals surface area contributed by atoms with E-state index in [0.29, 0.717) is 13.2 Å². The van der Waals surface area contributed by atoms with Crippen molar-refractivity contribution < 1.29 is 9.47 Å². The molecule has 2 aromatic carbocycles. The molecule has 0 unspecified atom stereocenters. The molecule has 0 aliphatic rings. The molecule has 19 heavy (non-hydrogen) atoms. The SMILES string of the molecule is CCOc1cccc(-c2ccc(OC)cc2CN)c1. The third-order valence-electron chi connectivity index (χ3n) is 2.99. The summed E-state index contributed by atoms with van der Waals surface area (Å²) in [6.45, 7) is 3.12. The van der Waals surface area contributed by atoms with Crippen molar-refractivity contribution in [3.8, 4) is 22.6 Å². The Hall–Kier alpha value is -2.00. The first-order chi connectivity index (χ1) is 9.28. The Balaban J connectivity index is 2.43. The Labute approximate surface area is 114 Å². The third kappa shape index (κ3) is 3.06. The normalized spacial score (nSPS) is 10.3. The predicted molar refractivity (Wildman–Crippen MR) is 77.5 cm³/mol. The predicted octanol–water partition coefficient (Wildman–Crippen LogP) is 3.22. The summed E-state index contributed by atoms with van der Waals surface area (Å²) >= 11 is 0. The van der Waals surface area contributed by atoms with E-state index in [-0.39, 0.29) is 0 Å². The van der Waals surface area contributed by atoms with Crippen molar-refractivity contribution in [3.05, 3.63) is 48.0 Å². The fraction of sp³-hybridized carbons (Fsp3) is 0.250. The van der Waals surface area contributed by atoms with Crippen LogP contribution in [0.4, 0.5) is 0 Å². The maximum Gasteiger partial charge on any atom is 0.119 e. The first-order valence-electron chi connectivity index (χ1n) is 6.38. The molecule has 0 saturated carbocycles. The summed E-state index contributed by atoms with van der Waals surface area (Å²) in [7, 11) is 1.66. The summed E-state index contributed by atoms with van der Waals surface area (Å²) in [4.78, 5) is 0. The Bertz CT molecular complexity index is 552. The van der Waals surface area contributed by atoms with Crippen LogP contribution in [0.3, 0.4) is 0 Å². The number of benzene rings is 2. The summed E-state index contributed by atoms with van der Waals surface area (Å²) in [6.07, 6.45) is 0. The van der Waals surface area contributed by atoms with Crippen LogP contribution in [0.5, 0.6) is 11.5 Å². The molecule has 3 nitrogen and oxygen atoms in total. The van der Waals surface area contributed by atoms with Crippen LogP contribution >= 0.6 is 0 Å². The van der Waals surface area contributed by atoms with E-state index < -0.39 is 0 Å². The summed E-state index contributed by atoms with van der Waals surface area (Å²) in [5.41, 5.74) is 9.11. The first kappa shape index (κ1) is 13.4. The van der Waals surface area contributed by atoms with Crippen LogP contribution in [0, 0.1) is 0 Å². The summed E-state index contributed by atoms with van der Waals surface area (Å²) in [5.74, 6) is 1.70. The van der Waals surface area contributed by atoms with Gasteiger partial charge in [-0.1, -0.05) is 18.2 Å². The first-order valence-corrected chi connectivity index (χ1v) is 6.38. The van der Waals surface area contributed by atoms with E-state index in [1.807, 2.05) is 43.3 Å². The van der Waals surface area contributed by atoms with Crippen molar-refractivity contribution in [3.63, 3.8) is 0 Å². The van der Waals surface area contributed by atoms with Crippen LogP contribution in [0.2, 0.25) is 0 Å². The van der Waals surface area contributed by atoms with Gasteiger partial charge in [-0.25, -0.2) is 0 Å². The molecule has 0 spiro atoms. The number of hydrogen-bond acceptors (Lipinski definition) is 3. The lowest BCUT2D eigenvalue weighted by Gasteiger charge is -2.11. The van der Waals surface area contributed by atoms with E-state index in [1.165, 1.54) is 0 Å². The van der Waals surface area contributed by atoms with E-state index >= 15 is 0 Å². The van der Waals surface area contributed by atoms with Crippen molar-refractivity contribution >= 4 is 0 Å². The smallest absolute Gasteiger partial charge is 0.119 e. The second kappa shape index (κ2) is 6.25. The summed E-state index contributed by atoms with van der Waals surface area (Å²) in [5, 5.41) is 0. The van der Waals surface area contributed by atoms with Gasteiger partial charge in [-0.2, -0.15) is 0 Å². The highest BCUT2D eigenvalue weighted by Gasteiger charge is 2.06. The number of nitrogens with two attached hydrogens (primary N) is 1. The van der Waals surface area contributed by atoms with Crippen molar-refractivity contribution in [2.45, 2.75) is 13.5 Å². The highest BCUT2D eigenvalue weighted by Crippen LogP contribution is 2.29. The van der Waals surface area contributed by atoms with Gasteiger partial charge in [0, 0.05) is 6.54 Å². The molecule has 2 N–H and O–H groups in total. The molecule has 0 radical (unpaired) electrons. The molecule has 0 saturated heterocycles. The quantitative estimate of drug-likeness (QED) is 0.894. The third-order valence-corrected chi connectivity index (χ3v) is 2.99. The molecule has 0 amide bonds. The van der Waals surface area contributed by atoms with Crippen molar-refractivity contribution in [1.82, 2.24) is 0 Å². The number of ether oxygens (including phenoxy) is 2. The minimum Gasteiger partial charge on any atom is -0.497 e. The van der Waals surface area contributed by atoms with E-state index in [9.17, 15) is 0 Å². The molecule has 2 aromatic rings. The molecular weight excluding hydrogens is 238 g/mol. The molecule has 100 valence electrons. The lowest BCUT2D eigenvalue weighted by molar-refractivity contribution is 0.340. The monoisotopic (exact) mass is 257 g/mol. The lowest BCUT2D eigenvalue weighted by atomic mass is 9.99. The van der Waals surface area contributed by atoms with Gasteiger partial charge >= 0.3 is 0 Å². The Morgan fingerprint density at radius 1 is 1.05 bits per heavy atom. The molecule has 0 aliphatic carbocycles. The fourth-order valence-electron chi connectivity index (χ4n) is 2.07. The van der Waals surface area contributed by atoms with Gasteiger partial charge in [0.1, 0.15) is 11.5 Å². The van der Waals surface area contributed by atoms with Crippen LogP contribution in [0.15, 0.2) is 42.5 Å². The highest BCUT2D eigenvalue weighted by atomic mass is 16.5. The van der Waals surface area contributed by atoms with E-state index in [2.05, 4.69) is 6.07 Å². The maximum absolute atomic E-state index is 5.82. The lowest BCUT2D eigenvalue weighted by Crippen LogP contribution is -2.00. The summed E-state index contributed by atoms with van der Waals surface area (Å²) in [6, 6.07) is 14.0. The second-order valence-corrected chi connectivity index (χ2v) is 4.19. The minimum absolute atomic E-state index is 0.478.